The Balaban J connectivity index is 2.93. The lowest BCUT2D eigenvalue weighted by molar-refractivity contribution is -0.136. The number of hydrogen-bond donors (Lipinski definition) is 2. The van der Waals surface area contributed by atoms with Crippen molar-refractivity contribution >= 4 is 21.9 Å². The number of rotatable bonds is 2. The predicted molar refractivity (Wildman–Crippen MR) is 47.1 cm³/mol. The molecular formula is C8H7BrO3. The van der Waals surface area contributed by atoms with Crippen LogP contribution in [0.2, 0.25) is 0 Å². The molecule has 1 aromatic rings. The molecule has 0 aromatic heterocycles. The number of aliphatic carboxylic acids is 1. The van der Waals surface area contributed by atoms with E-state index in [0.29, 0.717) is 5.56 Å². The molecule has 64 valence electrons. The van der Waals surface area contributed by atoms with E-state index in [1.807, 2.05) is 0 Å². The Morgan fingerprint density at radius 1 is 1.50 bits per heavy atom. The van der Waals surface area contributed by atoms with Crippen LogP contribution in [0.5, 0.6) is 5.75 Å². The largest absolute Gasteiger partial charge is 0.508 e. The van der Waals surface area contributed by atoms with Crippen LogP contribution in [0.25, 0.3) is 0 Å². The molecule has 3 nitrogen and oxygen atoms in total. The molecule has 0 heterocycles. The summed E-state index contributed by atoms with van der Waals surface area (Å²) in [6, 6.07) is 4.74. The normalized spacial score (nSPS) is 9.75. The van der Waals surface area contributed by atoms with Crippen LogP contribution in [-0.2, 0) is 11.2 Å². The van der Waals surface area contributed by atoms with E-state index in [4.69, 9.17) is 5.11 Å². The monoisotopic (exact) mass is 230 g/mol. The standard InChI is InChI=1S/C8H7BrO3/c9-6-2-1-5(3-8(11)12)7(10)4-6/h1-2,4,10H,3H2,(H,11,12). The first-order valence-corrected chi connectivity index (χ1v) is 4.08. The number of phenolic OH excluding ortho intramolecular Hbond substituents is 1. The highest BCUT2D eigenvalue weighted by Crippen LogP contribution is 2.22. The molecule has 1 aromatic carbocycles. The van der Waals surface area contributed by atoms with Crippen molar-refractivity contribution < 1.29 is 15.0 Å². The number of hydrogen-bond acceptors (Lipinski definition) is 2. The van der Waals surface area contributed by atoms with Crippen molar-refractivity contribution in [3.8, 4) is 5.75 Å². The molecule has 0 bridgehead atoms. The third-order valence-electron chi connectivity index (χ3n) is 1.39. The van der Waals surface area contributed by atoms with Crippen molar-refractivity contribution in [2.45, 2.75) is 6.42 Å². The minimum Gasteiger partial charge on any atom is -0.508 e. The summed E-state index contributed by atoms with van der Waals surface area (Å²) in [5, 5.41) is 17.7. The molecule has 0 saturated carbocycles. The molecule has 0 aliphatic rings. The van der Waals surface area contributed by atoms with Gasteiger partial charge in [0.15, 0.2) is 0 Å². The maximum atomic E-state index is 10.3. The predicted octanol–water partition coefficient (Wildman–Crippen LogP) is 1.78. The summed E-state index contributed by atoms with van der Waals surface area (Å²) in [5.41, 5.74) is 0.422. The van der Waals surface area contributed by atoms with E-state index in [2.05, 4.69) is 15.9 Å². The molecule has 0 amide bonds. The Morgan fingerprint density at radius 2 is 2.17 bits per heavy atom. The first kappa shape index (κ1) is 9.06. The lowest BCUT2D eigenvalue weighted by atomic mass is 10.1. The van der Waals surface area contributed by atoms with Gasteiger partial charge in [-0.05, 0) is 12.1 Å². The average Bonchev–Trinajstić information content (AvgIpc) is 1.94. The minimum absolute atomic E-state index is 0.00627. The van der Waals surface area contributed by atoms with Gasteiger partial charge in [0.25, 0.3) is 0 Å². The highest BCUT2D eigenvalue weighted by molar-refractivity contribution is 9.10. The van der Waals surface area contributed by atoms with Crippen molar-refractivity contribution in [3.05, 3.63) is 28.2 Å². The maximum Gasteiger partial charge on any atom is 0.307 e. The maximum absolute atomic E-state index is 10.3. The fourth-order valence-corrected chi connectivity index (χ4v) is 1.20. The number of carbonyl (C=O) groups is 1. The van der Waals surface area contributed by atoms with Gasteiger partial charge >= 0.3 is 5.97 Å². The molecule has 1 rings (SSSR count). The van der Waals surface area contributed by atoms with Gasteiger partial charge in [-0.3, -0.25) is 4.79 Å². The Kier molecular flexibility index (Phi) is 2.70. The van der Waals surface area contributed by atoms with Crippen LogP contribution in [0.4, 0.5) is 0 Å². The molecule has 2 N–H and O–H groups in total. The number of phenols is 1. The minimum atomic E-state index is -0.951. The quantitative estimate of drug-likeness (QED) is 0.815. The molecule has 0 atom stereocenters. The molecule has 12 heavy (non-hydrogen) atoms. The van der Waals surface area contributed by atoms with Crippen molar-refractivity contribution in [3.63, 3.8) is 0 Å². The SMILES string of the molecule is O=C(O)Cc1ccc(Br)cc1O. The lowest BCUT2D eigenvalue weighted by Gasteiger charge is -2.00. The van der Waals surface area contributed by atoms with E-state index in [0.717, 1.165) is 4.47 Å². The van der Waals surface area contributed by atoms with Gasteiger partial charge in [-0.25, -0.2) is 0 Å². The van der Waals surface area contributed by atoms with Crippen LogP contribution >= 0.6 is 15.9 Å². The van der Waals surface area contributed by atoms with E-state index in [1.54, 1.807) is 12.1 Å². The van der Waals surface area contributed by atoms with Gasteiger partial charge in [-0.1, -0.05) is 22.0 Å². The topological polar surface area (TPSA) is 57.5 Å². The average molecular weight is 231 g/mol. The summed E-state index contributed by atoms with van der Waals surface area (Å²) < 4.78 is 0.731. The zero-order valence-electron chi connectivity index (χ0n) is 6.12. The van der Waals surface area contributed by atoms with Gasteiger partial charge in [-0.15, -0.1) is 0 Å². The Labute approximate surface area is 77.8 Å². The van der Waals surface area contributed by atoms with Crippen molar-refractivity contribution in [2.24, 2.45) is 0 Å². The first-order chi connectivity index (χ1) is 5.59. The smallest absolute Gasteiger partial charge is 0.307 e. The zero-order valence-corrected chi connectivity index (χ0v) is 7.71. The van der Waals surface area contributed by atoms with Crippen LogP contribution < -0.4 is 0 Å². The highest BCUT2D eigenvalue weighted by Gasteiger charge is 2.05. The summed E-state index contributed by atoms with van der Waals surface area (Å²) in [6.07, 6.45) is -0.154. The third-order valence-corrected chi connectivity index (χ3v) is 1.88. The van der Waals surface area contributed by atoms with Crippen LogP contribution in [0, 0.1) is 0 Å². The fourth-order valence-electron chi connectivity index (χ4n) is 0.849. The Hall–Kier alpha value is -1.03. The number of carboxylic acid groups (broad SMARTS) is 1. The summed E-state index contributed by atoms with van der Waals surface area (Å²) >= 11 is 3.16. The van der Waals surface area contributed by atoms with E-state index in [9.17, 15) is 9.90 Å². The lowest BCUT2D eigenvalue weighted by Crippen LogP contribution is -1.99. The fraction of sp³-hybridized carbons (Fsp3) is 0.125. The van der Waals surface area contributed by atoms with Crippen LogP contribution in [0.3, 0.4) is 0 Å². The number of aromatic hydroxyl groups is 1. The van der Waals surface area contributed by atoms with Gasteiger partial charge < -0.3 is 10.2 Å². The Morgan fingerprint density at radius 3 is 2.67 bits per heavy atom. The molecule has 0 aliphatic heterocycles. The summed E-state index contributed by atoms with van der Waals surface area (Å²) in [7, 11) is 0. The summed E-state index contributed by atoms with van der Waals surface area (Å²) in [4.78, 5) is 10.3. The summed E-state index contributed by atoms with van der Waals surface area (Å²) in [6.45, 7) is 0. The molecular weight excluding hydrogens is 224 g/mol. The molecule has 0 saturated heterocycles. The first-order valence-electron chi connectivity index (χ1n) is 3.29. The molecule has 0 aliphatic carbocycles. The van der Waals surface area contributed by atoms with E-state index in [1.165, 1.54) is 6.07 Å². The number of benzene rings is 1. The van der Waals surface area contributed by atoms with Gasteiger partial charge in [0.2, 0.25) is 0 Å². The Bertz CT molecular complexity index is 309. The van der Waals surface area contributed by atoms with Crippen LogP contribution in [0.1, 0.15) is 5.56 Å². The number of carboxylic acids is 1. The molecule has 0 radical (unpaired) electrons. The summed E-state index contributed by atoms with van der Waals surface area (Å²) in [5.74, 6) is -0.945. The third kappa shape index (κ3) is 2.23. The van der Waals surface area contributed by atoms with Gasteiger partial charge in [0, 0.05) is 10.0 Å². The second kappa shape index (κ2) is 3.58. The van der Waals surface area contributed by atoms with Crippen LogP contribution in [0.15, 0.2) is 22.7 Å². The second-order valence-corrected chi connectivity index (χ2v) is 3.26. The zero-order chi connectivity index (χ0) is 9.14. The van der Waals surface area contributed by atoms with Gasteiger partial charge in [0.1, 0.15) is 5.75 Å². The van der Waals surface area contributed by atoms with Crippen molar-refractivity contribution in [1.82, 2.24) is 0 Å². The second-order valence-electron chi connectivity index (χ2n) is 2.34. The van der Waals surface area contributed by atoms with E-state index >= 15 is 0 Å². The van der Waals surface area contributed by atoms with E-state index in [-0.39, 0.29) is 12.2 Å². The van der Waals surface area contributed by atoms with Gasteiger partial charge in [-0.2, -0.15) is 0 Å². The molecule has 0 unspecified atom stereocenters. The van der Waals surface area contributed by atoms with Crippen molar-refractivity contribution in [2.75, 3.05) is 0 Å². The molecule has 0 spiro atoms. The highest BCUT2D eigenvalue weighted by atomic mass is 79.9. The molecule has 4 heteroatoms. The van der Waals surface area contributed by atoms with Gasteiger partial charge in [0.05, 0.1) is 6.42 Å². The van der Waals surface area contributed by atoms with Crippen molar-refractivity contribution in [1.29, 1.82) is 0 Å². The van der Waals surface area contributed by atoms with E-state index < -0.39 is 5.97 Å². The van der Waals surface area contributed by atoms with Crippen LogP contribution in [-0.4, -0.2) is 16.2 Å². The number of halogens is 1. The molecule has 0 fully saturated rings.